The molecule has 2 heterocycles. The highest BCUT2D eigenvalue weighted by Crippen LogP contribution is 2.26. The van der Waals surface area contributed by atoms with Crippen molar-refractivity contribution in [3.05, 3.63) is 46.0 Å². The molecule has 186 valence electrons. The molecule has 2 rings (SSSR count). The van der Waals surface area contributed by atoms with E-state index >= 15 is 0 Å². The number of carbonyl (C=O) groups excluding carboxylic acids is 2. The maximum Gasteiger partial charge on any atom is 0.408 e. The van der Waals surface area contributed by atoms with E-state index < -0.39 is 23.7 Å². The van der Waals surface area contributed by atoms with Crippen molar-refractivity contribution in [3.8, 4) is 17.0 Å². The Morgan fingerprint density at radius 2 is 1.88 bits per heavy atom. The zero-order valence-corrected chi connectivity index (χ0v) is 21.2. The van der Waals surface area contributed by atoms with Gasteiger partial charge < -0.3 is 24.1 Å². The van der Waals surface area contributed by atoms with Gasteiger partial charge in [-0.15, -0.1) is 0 Å². The van der Waals surface area contributed by atoms with E-state index in [1.807, 2.05) is 20.8 Å². The summed E-state index contributed by atoms with van der Waals surface area (Å²) in [5.41, 5.74) is 1.30. The number of nitrogens with zero attached hydrogens (tertiary/aromatic N) is 2. The summed E-state index contributed by atoms with van der Waals surface area (Å²) in [5, 5.41) is 2.60. The van der Waals surface area contributed by atoms with E-state index in [1.165, 1.54) is 11.7 Å². The van der Waals surface area contributed by atoms with Crippen LogP contribution in [0, 0.1) is 12.8 Å². The van der Waals surface area contributed by atoms with Crippen molar-refractivity contribution < 1.29 is 23.8 Å². The van der Waals surface area contributed by atoms with Gasteiger partial charge in [0.15, 0.2) is 0 Å². The first kappa shape index (κ1) is 26.9. The zero-order chi connectivity index (χ0) is 25.6. The SMILES string of the molecule is COc1cc(C)n(C)c(=O)c1-c1ccc(C[C@H](NC(=O)OC(C)(C)C)C(=O)OCC(C)C)cn1. The number of nitrogens with one attached hydrogen (secondary N) is 1. The molecule has 1 N–H and O–H groups in total. The molecule has 0 unspecified atom stereocenters. The number of pyridine rings is 2. The lowest BCUT2D eigenvalue weighted by atomic mass is 10.1. The molecular formula is C25H35N3O6. The van der Waals surface area contributed by atoms with Crippen molar-refractivity contribution in [3.63, 3.8) is 0 Å². The highest BCUT2D eigenvalue weighted by Gasteiger charge is 2.26. The number of amides is 1. The van der Waals surface area contributed by atoms with E-state index in [1.54, 1.807) is 52.2 Å². The summed E-state index contributed by atoms with van der Waals surface area (Å²) in [6.07, 6.45) is 0.997. The number of carbonyl (C=O) groups is 2. The number of rotatable bonds is 8. The van der Waals surface area contributed by atoms with Crippen LogP contribution in [0.5, 0.6) is 5.75 Å². The number of aromatic nitrogens is 2. The summed E-state index contributed by atoms with van der Waals surface area (Å²) in [7, 11) is 3.19. The predicted molar refractivity (Wildman–Crippen MR) is 129 cm³/mol. The predicted octanol–water partition coefficient (Wildman–Crippen LogP) is 3.40. The van der Waals surface area contributed by atoms with Crippen molar-refractivity contribution in [2.45, 2.75) is 59.6 Å². The molecule has 0 aliphatic heterocycles. The Bertz CT molecular complexity index is 1070. The molecule has 0 aliphatic carbocycles. The number of ether oxygens (including phenoxy) is 3. The molecule has 0 bridgehead atoms. The number of esters is 1. The van der Waals surface area contributed by atoms with Gasteiger partial charge in [0.2, 0.25) is 0 Å². The minimum absolute atomic E-state index is 0.145. The standard InChI is InChI=1S/C25H35N3O6/c1-15(2)14-33-23(30)19(27-24(31)34-25(4,5)6)12-17-9-10-18(26-13-17)21-20(32-8)11-16(3)28(7)22(21)29/h9-11,13,15,19H,12,14H2,1-8H3,(H,27,31)/t19-/m0/s1. The van der Waals surface area contributed by atoms with Crippen LogP contribution >= 0.6 is 0 Å². The van der Waals surface area contributed by atoms with Gasteiger partial charge in [0.05, 0.1) is 19.4 Å². The Kier molecular flexibility index (Phi) is 8.84. The molecule has 1 atom stereocenters. The van der Waals surface area contributed by atoms with Crippen LogP contribution in [0.2, 0.25) is 0 Å². The van der Waals surface area contributed by atoms with Gasteiger partial charge in [-0.1, -0.05) is 19.9 Å². The molecule has 2 aromatic heterocycles. The van der Waals surface area contributed by atoms with Gasteiger partial charge in [0, 0.05) is 31.4 Å². The average Bonchev–Trinajstić information content (AvgIpc) is 2.74. The molecule has 0 aromatic carbocycles. The first-order valence-corrected chi connectivity index (χ1v) is 11.2. The van der Waals surface area contributed by atoms with E-state index in [2.05, 4.69) is 10.3 Å². The van der Waals surface area contributed by atoms with Crippen molar-refractivity contribution >= 4 is 12.1 Å². The normalized spacial score (nSPS) is 12.3. The number of hydrogen-bond donors (Lipinski definition) is 1. The minimum atomic E-state index is -0.956. The molecule has 0 fully saturated rings. The second-order valence-electron chi connectivity index (χ2n) is 9.57. The first-order valence-electron chi connectivity index (χ1n) is 11.2. The Labute approximate surface area is 200 Å². The highest BCUT2D eigenvalue weighted by molar-refractivity contribution is 5.81. The van der Waals surface area contributed by atoms with E-state index in [4.69, 9.17) is 14.2 Å². The van der Waals surface area contributed by atoms with Crippen molar-refractivity contribution in [2.24, 2.45) is 13.0 Å². The summed E-state index contributed by atoms with van der Waals surface area (Å²) < 4.78 is 17.6. The van der Waals surface area contributed by atoms with E-state index in [0.717, 1.165) is 5.69 Å². The maximum absolute atomic E-state index is 12.8. The quantitative estimate of drug-likeness (QED) is 0.585. The van der Waals surface area contributed by atoms with Crippen LogP contribution in [0.15, 0.2) is 29.2 Å². The molecule has 0 saturated carbocycles. The molecule has 9 nitrogen and oxygen atoms in total. The summed E-state index contributed by atoms with van der Waals surface area (Å²) in [5.74, 6) is 0.0273. The van der Waals surface area contributed by atoms with E-state index in [0.29, 0.717) is 22.6 Å². The van der Waals surface area contributed by atoms with Gasteiger partial charge in [-0.05, 0) is 45.2 Å². The van der Waals surface area contributed by atoms with Crippen LogP contribution in [0.25, 0.3) is 11.3 Å². The molecular weight excluding hydrogens is 438 g/mol. The fourth-order valence-corrected chi connectivity index (χ4v) is 3.11. The smallest absolute Gasteiger partial charge is 0.408 e. The van der Waals surface area contributed by atoms with E-state index in [-0.39, 0.29) is 24.5 Å². The third kappa shape index (κ3) is 7.33. The number of alkyl carbamates (subject to hydrolysis) is 1. The average molecular weight is 474 g/mol. The van der Waals surface area contributed by atoms with Crippen LogP contribution in [0.3, 0.4) is 0 Å². The molecule has 9 heteroatoms. The van der Waals surface area contributed by atoms with Crippen molar-refractivity contribution in [1.29, 1.82) is 0 Å². The van der Waals surface area contributed by atoms with Crippen LogP contribution in [-0.2, 0) is 27.7 Å². The van der Waals surface area contributed by atoms with E-state index in [9.17, 15) is 14.4 Å². The van der Waals surface area contributed by atoms with Crippen LogP contribution in [0.4, 0.5) is 4.79 Å². The molecule has 0 saturated heterocycles. The largest absolute Gasteiger partial charge is 0.496 e. The third-order valence-corrected chi connectivity index (χ3v) is 4.91. The number of aryl methyl sites for hydroxylation is 1. The molecule has 1 amide bonds. The third-order valence-electron chi connectivity index (χ3n) is 4.91. The molecule has 0 radical (unpaired) electrons. The summed E-state index contributed by atoms with van der Waals surface area (Å²) in [4.78, 5) is 42.2. The summed E-state index contributed by atoms with van der Waals surface area (Å²) in [6, 6.07) is 4.26. The lowest BCUT2D eigenvalue weighted by molar-refractivity contribution is -0.147. The Balaban J connectivity index is 2.29. The van der Waals surface area contributed by atoms with Crippen LogP contribution in [-0.4, -0.2) is 47.0 Å². The second-order valence-corrected chi connectivity index (χ2v) is 9.57. The fourth-order valence-electron chi connectivity index (χ4n) is 3.11. The number of methoxy groups -OCH3 is 1. The lowest BCUT2D eigenvalue weighted by Crippen LogP contribution is -2.45. The summed E-state index contributed by atoms with van der Waals surface area (Å²) >= 11 is 0. The van der Waals surface area contributed by atoms with Gasteiger partial charge in [0.1, 0.15) is 23.0 Å². The van der Waals surface area contributed by atoms with Crippen molar-refractivity contribution in [1.82, 2.24) is 14.9 Å². The monoisotopic (exact) mass is 473 g/mol. The molecule has 0 aliphatic rings. The zero-order valence-electron chi connectivity index (χ0n) is 21.2. The highest BCUT2D eigenvalue weighted by atomic mass is 16.6. The molecule has 2 aromatic rings. The molecule has 34 heavy (non-hydrogen) atoms. The van der Waals surface area contributed by atoms with Gasteiger partial charge in [0.25, 0.3) is 5.56 Å². The Morgan fingerprint density at radius 1 is 1.21 bits per heavy atom. The molecule has 0 spiro atoms. The van der Waals surface area contributed by atoms with Crippen molar-refractivity contribution in [2.75, 3.05) is 13.7 Å². The lowest BCUT2D eigenvalue weighted by Gasteiger charge is -2.23. The Morgan fingerprint density at radius 3 is 2.41 bits per heavy atom. The van der Waals surface area contributed by atoms with Gasteiger partial charge in [-0.25, -0.2) is 9.59 Å². The maximum atomic E-state index is 12.8. The second kappa shape index (κ2) is 11.2. The first-order chi connectivity index (χ1) is 15.8. The topological polar surface area (TPSA) is 109 Å². The fraction of sp³-hybridized carbons (Fsp3) is 0.520. The summed E-state index contributed by atoms with van der Waals surface area (Å²) in [6.45, 7) is 11.1. The minimum Gasteiger partial charge on any atom is -0.496 e. The number of hydrogen-bond acceptors (Lipinski definition) is 7. The van der Waals surface area contributed by atoms with Gasteiger partial charge in [-0.2, -0.15) is 0 Å². The van der Waals surface area contributed by atoms with Crippen LogP contribution in [0.1, 0.15) is 45.9 Å². The van der Waals surface area contributed by atoms with Gasteiger partial charge >= 0.3 is 12.1 Å². The Hall–Kier alpha value is -3.36. The van der Waals surface area contributed by atoms with Gasteiger partial charge in [-0.3, -0.25) is 9.78 Å². The van der Waals surface area contributed by atoms with Crippen LogP contribution < -0.4 is 15.6 Å².